The lowest BCUT2D eigenvalue weighted by molar-refractivity contribution is 0.597. The molecular formula is C8H13N3O2S. The fourth-order valence-corrected chi connectivity index (χ4v) is 2.73. The largest absolute Gasteiger partial charge is 0.281 e. The van der Waals surface area contributed by atoms with Gasteiger partial charge >= 0.3 is 0 Å². The molecule has 1 aromatic heterocycles. The molecule has 0 radical (unpaired) electrons. The van der Waals surface area contributed by atoms with Crippen LogP contribution in [0.3, 0.4) is 0 Å². The minimum atomic E-state index is -3.19. The topological polar surface area (TPSA) is 74.8 Å². The van der Waals surface area contributed by atoms with Gasteiger partial charge in [0.2, 0.25) is 10.0 Å². The normalized spacial score (nSPS) is 16.9. The van der Waals surface area contributed by atoms with Crippen molar-refractivity contribution in [1.82, 2.24) is 10.2 Å². The monoisotopic (exact) mass is 215 g/mol. The molecule has 0 aromatic carbocycles. The van der Waals surface area contributed by atoms with E-state index in [9.17, 15) is 8.42 Å². The number of hydrogen-bond acceptors (Lipinski definition) is 3. The maximum atomic E-state index is 11.5. The number of sulfonamides is 1. The van der Waals surface area contributed by atoms with Crippen molar-refractivity contribution in [1.29, 1.82) is 0 Å². The first-order chi connectivity index (χ1) is 6.55. The predicted octanol–water partition coefficient (Wildman–Crippen LogP) is 0.870. The Balaban J connectivity index is 2.01. The van der Waals surface area contributed by atoms with Crippen molar-refractivity contribution in [2.75, 3.05) is 10.5 Å². The number of anilines is 1. The Bertz CT molecular complexity index is 420. The predicted molar refractivity (Wildman–Crippen MR) is 53.5 cm³/mol. The van der Waals surface area contributed by atoms with E-state index in [0.29, 0.717) is 11.7 Å². The highest BCUT2D eigenvalue weighted by Crippen LogP contribution is 2.30. The van der Waals surface area contributed by atoms with Gasteiger partial charge in [-0.05, 0) is 25.7 Å². The van der Waals surface area contributed by atoms with E-state index in [1.165, 1.54) is 0 Å². The molecule has 1 aliphatic carbocycles. The molecule has 2 rings (SSSR count). The zero-order valence-electron chi connectivity index (χ0n) is 7.95. The molecule has 0 spiro atoms. The third-order valence-electron chi connectivity index (χ3n) is 2.12. The van der Waals surface area contributed by atoms with Gasteiger partial charge in [0, 0.05) is 11.8 Å². The van der Waals surface area contributed by atoms with Crippen LogP contribution in [0.1, 0.15) is 18.5 Å². The molecule has 1 fully saturated rings. The molecule has 1 heterocycles. The van der Waals surface area contributed by atoms with Gasteiger partial charge in [-0.25, -0.2) is 8.42 Å². The molecule has 1 saturated carbocycles. The highest BCUT2D eigenvalue weighted by molar-refractivity contribution is 7.92. The maximum Gasteiger partial charge on any atom is 0.234 e. The van der Waals surface area contributed by atoms with Crippen molar-refractivity contribution in [2.24, 2.45) is 5.92 Å². The number of nitrogens with zero attached hydrogens (tertiary/aromatic N) is 1. The van der Waals surface area contributed by atoms with Crippen molar-refractivity contribution in [3.8, 4) is 0 Å². The van der Waals surface area contributed by atoms with Crippen LogP contribution in [0.4, 0.5) is 5.82 Å². The molecule has 2 N–H and O–H groups in total. The fourth-order valence-electron chi connectivity index (χ4n) is 1.27. The number of rotatable bonds is 4. The Hall–Kier alpha value is -1.04. The Labute approximate surface area is 83.0 Å². The standard InChI is InChI=1S/C8H13N3O2S/c1-6-4-8(10-9-6)11-14(12,13)5-7-2-3-7/h4,7H,2-3,5H2,1H3,(H2,9,10,11). The summed E-state index contributed by atoms with van der Waals surface area (Å²) < 4.78 is 25.4. The minimum absolute atomic E-state index is 0.221. The smallest absolute Gasteiger partial charge is 0.234 e. The second kappa shape index (κ2) is 3.27. The van der Waals surface area contributed by atoms with Crippen molar-refractivity contribution in [3.05, 3.63) is 11.8 Å². The van der Waals surface area contributed by atoms with Gasteiger partial charge in [0.15, 0.2) is 5.82 Å². The quantitative estimate of drug-likeness (QED) is 0.782. The lowest BCUT2D eigenvalue weighted by Gasteiger charge is -2.02. The van der Waals surface area contributed by atoms with Crippen molar-refractivity contribution >= 4 is 15.8 Å². The molecule has 0 saturated heterocycles. The Morgan fingerprint density at radius 1 is 1.64 bits per heavy atom. The van der Waals surface area contributed by atoms with Gasteiger partial charge in [-0.3, -0.25) is 9.82 Å². The summed E-state index contributed by atoms with van der Waals surface area (Å²) in [6, 6.07) is 1.67. The average Bonchev–Trinajstić information content (AvgIpc) is 2.74. The zero-order chi connectivity index (χ0) is 10.2. The molecule has 0 unspecified atom stereocenters. The SMILES string of the molecule is Cc1cc(NS(=O)(=O)CC2CC2)n[nH]1. The average molecular weight is 215 g/mol. The molecule has 0 bridgehead atoms. The van der Waals surface area contributed by atoms with E-state index < -0.39 is 10.0 Å². The van der Waals surface area contributed by atoms with Crippen LogP contribution in [0, 0.1) is 12.8 Å². The van der Waals surface area contributed by atoms with Crippen molar-refractivity contribution in [3.63, 3.8) is 0 Å². The minimum Gasteiger partial charge on any atom is -0.281 e. The summed E-state index contributed by atoms with van der Waals surface area (Å²) in [5.74, 6) is 0.953. The first kappa shape index (κ1) is 9.51. The molecule has 1 aliphatic rings. The molecule has 0 aliphatic heterocycles. The van der Waals surface area contributed by atoms with Gasteiger partial charge in [0.05, 0.1) is 5.75 Å². The Morgan fingerprint density at radius 2 is 2.36 bits per heavy atom. The first-order valence-corrected chi connectivity index (χ1v) is 6.23. The highest BCUT2D eigenvalue weighted by atomic mass is 32.2. The third kappa shape index (κ3) is 2.47. The second-order valence-corrected chi connectivity index (χ2v) is 5.53. The van der Waals surface area contributed by atoms with Crippen molar-refractivity contribution < 1.29 is 8.42 Å². The van der Waals surface area contributed by atoms with E-state index in [2.05, 4.69) is 14.9 Å². The number of nitrogens with one attached hydrogen (secondary N) is 2. The summed E-state index contributed by atoms with van der Waals surface area (Å²) in [5, 5.41) is 6.50. The molecule has 0 amide bonds. The third-order valence-corrected chi connectivity index (χ3v) is 3.55. The summed E-state index contributed by atoms with van der Waals surface area (Å²) in [4.78, 5) is 0. The van der Waals surface area contributed by atoms with E-state index in [0.717, 1.165) is 18.5 Å². The van der Waals surface area contributed by atoms with Crippen LogP contribution in [0.25, 0.3) is 0 Å². The summed E-state index contributed by atoms with van der Waals surface area (Å²) in [5.41, 5.74) is 0.842. The molecule has 5 nitrogen and oxygen atoms in total. The van der Waals surface area contributed by atoms with E-state index in [4.69, 9.17) is 0 Å². The molecule has 14 heavy (non-hydrogen) atoms. The number of aryl methyl sites for hydroxylation is 1. The summed E-state index contributed by atoms with van der Waals surface area (Å²) in [6.07, 6.45) is 2.06. The Morgan fingerprint density at radius 3 is 2.86 bits per heavy atom. The van der Waals surface area contributed by atoms with Gasteiger partial charge in [0.25, 0.3) is 0 Å². The highest BCUT2D eigenvalue weighted by Gasteiger charge is 2.28. The lowest BCUT2D eigenvalue weighted by atomic mass is 10.5. The maximum absolute atomic E-state index is 11.5. The van der Waals surface area contributed by atoms with Crippen LogP contribution < -0.4 is 4.72 Å². The van der Waals surface area contributed by atoms with Crippen LogP contribution >= 0.6 is 0 Å². The molecule has 0 atom stereocenters. The van der Waals surface area contributed by atoms with Gasteiger partial charge in [-0.1, -0.05) is 0 Å². The van der Waals surface area contributed by atoms with Gasteiger partial charge in [-0.15, -0.1) is 0 Å². The van der Waals surface area contributed by atoms with Crippen molar-refractivity contribution in [2.45, 2.75) is 19.8 Å². The van der Waals surface area contributed by atoms with Gasteiger partial charge < -0.3 is 0 Å². The summed E-state index contributed by atoms with van der Waals surface area (Å²) in [6.45, 7) is 1.83. The molecule has 6 heteroatoms. The molecule has 1 aromatic rings. The number of hydrogen-bond donors (Lipinski definition) is 2. The van der Waals surface area contributed by atoms with E-state index >= 15 is 0 Å². The first-order valence-electron chi connectivity index (χ1n) is 4.58. The van der Waals surface area contributed by atoms with Crippen LogP contribution in [-0.2, 0) is 10.0 Å². The van der Waals surface area contributed by atoms with E-state index in [1.807, 2.05) is 6.92 Å². The van der Waals surface area contributed by atoms with Crippen LogP contribution in [0.5, 0.6) is 0 Å². The number of H-pyrrole nitrogens is 1. The van der Waals surface area contributed by atoms with Crippen LogP contribution in [-0.4, -0.2) is 24.4 Å². The molecule has 78 valence electrons. The van der Waals surface area contributed by atoms with Crippen LogP contribution in [0.15, 0.2) is 6.07 Å². The number of aromatic amines is 1. The van der Waals surface area contributed by atoms with E-state index in [-0.39, 0.29) is 5.75 Å². The van der Waals surface area contributed by atoms with E-state index in [1.54, 1.807) is 6.07 Å². The fraction of sp³-hybridized carbons (Fsp3) is 0.625. The van der Waals surface area contributed by atoms with Gasteiger partial charge in [-0.2, -0.15) is 5.10 Å². The summed E-state index contributed by atoms with van der Waals surface area (Å²) >= 11 is 0. The summed E-state index contributed by atoms with van der Waals surface area (Å²) in [7, 11) is -3.19. The lowest BCUT2D eigenvalue weighted by Crippen LogP contribution is -2.18. The van der Waals surface area contributed by atoms with Crippen LogP contribution in [0.2, 0.25) is 0 Å². The zero-order valence-corrected chi connectivity index (χ0v) is 8.76. The van der Waals surface area contributed by atoms with Gasteiger partial charge in [0.1, 0.15) is 0 Å². The second-order valence-electron chi connectivity index (χ2n) is 3.76. The number of aromatic nitrogens is 2. The Kier molecular flexibility index (Phi) is 2.22. The molecular weight excluding hydrogens is 202 g/mol.